The normalized spacial score (nSPS) is 12.2. The Balaban J connectivity index is 2.67. The Morgan fingerprint density at radius 3 is 2.14 bits per heavy atom. The Hall–Kier alpha value is -2.95. The van der Waals surface area contributed by atoms with E-state index in [-0.39, 0.29) is 11.7 Å². The first-order valence-electron chi connectivity index (χ1n) is 6.35. The molecule has 0 unspecified atom stereocenters. The second kappa shape index (κ2) is 6.47. The molecule has 0 spiro atoms. The number of hydrogen-bond donors (Lipinski definition) is 2. The van der Waals surface area contributed by atoms with Crippen molar-refractivity contribution in [3.63, 3.8) is 0 Å². The highest BCUT2D eigenvalue weighted by Crippen LogP contribution is 2.16. The van der Waals surface area contributed by atoms with Gasteiger partial charge in [-0.15, -0.1) is 0 Å². The van der Waals surface area contributed by atoms with E-state index in [1.165, 1.54) is 6.92 Å². The first kappa shape index (κ1) is 14.5. The Bertz CT molecular complexity index is 706. The molecule has 0 aliphatic carbocycles. The number of nitrogens with two attached hydrogens (primary N) is 1. The molecule has 106 valence electrons. The minimum atomic E-state index is -0.317. The maximum atomic E-state index is 11.5. The molecule has 0 atom stereocenters. The van der Waals surface area contributed by atoms with Gasteiger partial charge in [0.2, 0.25) is 5.91 Å². The third kappa shape index (κ3) is 3.33. The van der Waals surface area contributed by atoms with E-state index in [0.717, 1.165) is 5.56 Å². The van der Waals surface area contributed by atoms with Crippen LogP contribution in [-0.4, -0.2) is 22.7 Å². The van der Waals surface area contributed by atoms with Gasteiger partial charge in [-0.25, -0.2) is 4.99 Å². The van der Waals surface area contributed by atoms with E-state index in [9.17, 15) is 4.79 Å². The van der Waals surface area contributed by atoms with Crippen LogP contribution in [0.1, 0.15) is 23.6 Å². The van der Waals surface area contributed by atoms with E-state index in [1.807, 2.05) is 36.4 Å². The molecule has 3 N–H and O–H groups in total. The number of amides is 1. The first-order valence-corrected chi connectivity index (χ1v) is 6.35. The second-order valence-electron chi connectivity index (χ2n) is 4.38. The standard InChI is InChI=1S/C16H15N3O2/c1-11(20)18-15(12-7-3-2-4-8-12)13-9-5-6-10-14(13)16(17)19-21/h2-10,21H,1H3,(H2,17,19). The predicted molar refractivity (Wildman–Crippen MR) is 81.7 cm³/mol. The number of rotatable bonds is 3. The minimum Gasteiger partial charge on any atom is -0.409 e. The van der Waals surface area contributed by atoms with Gasteiger partial charge in [-0.05, 0) is 0 Å². The van der Waals surface area contributed by atoms with Crippen molar-refractivity contribution in [2.75, 3.05) is 0 Å². The Kier molecular flexibility index (Phi) is 4.46. The molecule has 0 saturated heterocycles. The summed E-state index contributed by atoms with van der Waals surface area (Å²) in [5, 5.41) is 11.9. The molecular formula is C16H15N3O2. The van der Waals surface area contributed by atoms with Crippen molar-refractivity contribution in [2.45, 2.75) is 6.92 Å². The van der Waals surface area contributed by atoms with Crippen molar-refractivity contribution in [3.8, 4) is 0 Å². The summed E-state index contributed by atoms with van der Waals surface area (Å²) in [6.45, 7) is 1.38. The third-order valence-electron chi connectivity index (χ3n) is 2.88. The van der Waals surface area contributed by atoms with Crippen LogP contribution < -0.4 is 5.73 Å². The van der Waals surface area contributed by atoms with Crippen molar-refractivity contribution >= 4 is 17.5 Å². The fourth-order valence-corrected chi connectivity index (χ4v) is 2.00. The predicted octanol–water partition coefficient (Wildman–Crippen LogP) is 2.16. The highest BCUT2D eigenvalue weighted by molar-refractivity contribution is 6.21. The zero-order valence-electron chi connectivity index (χ0n) is 11.5. The van der Waals surface area contributed by atoms with Crippen LogP contribution in [0, 0.1) is 0 Å². The van der Waals surface area contributed by atoms with Gasteiger partial charge in [0.25, 0.3) is 0 Å². The quantitative estimate of drug-likeness (QED) is 0.391. The van der Waals surface area contributed by atoms with Crippen LogP contribution in [0.25, 0.3) is 0 Å². The van der Waals surface area contributed by atoms with Gasteiger partial charge >= 0.3 is 0 Å². The maximum absolute atomic E-state index is 11.5. The molecule has 0 aromatic heterocycles. The number of oxime groups is 1. The minimum absolute atomic E-state index is 0.0298. The zero-order valence-corrected chi connectivity index (χ0v) is 11.5. The lowest BCUT2D eigenvalue weighted by Crippen LogP contribution is -2.19. The monoisotopic (exact) mass is 281 g/mol. The molecule has 0 saturated carbocycles. The number of carbonyl (C=O) groups excluding carboxylic acids is 1. The molecule has 5 heteroatoms. The van der Waals surface area contributed by atoms with Gasteiger partial charge in [-0.1, -0.05) is 59.8 Å². The molecule has 0 radical (unpaired) electrons. The summed E-state index contributed by atoms with van der Waals surface area (Å²) in [7, 11) is 0. The number of carbonyl (C=O) groups is 1. The van der Waals surface area contributed by atoms with Crippen molar-refractivity contribution < 1.29 is 10.0 Å². The Labute approximate surface area is 122 Å². The summed E-state index contributed by atoms with van der Waals surface area (Å²) in [6, 6.07) is 16.4. The molecule has 0 aliphatic heterocycles. The van der Waals surface area contributed by atoms with Crippen LogP contribution in [-0.2, 0) is 4.79 Å². The summed E-state index contributed by atoms with van der Waals surface area (Å²) < 4.78 is 0. The number of benzene rings is 2. The Morgan fingerprint density at radius 2 is 1.57 bits per heavy atom. The molecule has 2 aromatic carbocycles. The third-order valence-corrected chi connectivity index (χ3v) is 2.88. The van der Waals surface area contributed by atoms with Crippen molar-refractivity contribution in [1.82, 2.24) is 0 Å². The van der Waals surface area contributed by atoms with E-state index in [2.05, 4.69) is 10.1 Å². The molecule has 21 heavy (non-hydrogen) atoms. The van der Waals surface area contributed by atoms with Crippen LogP contribution in [0.5, 0.6) is 0 Å². The fourth-order valence-electron chi connectivity index (χ4n) is 2.00. The van der Waals surface area contributed by atoms with Crippen LogP contribution in [0.3, 0.4) is 0 Å². The smallest absolute Gasteiger partial charge is 0.243 e. The molecule has 2 rings (SSSR count). The van der Waals surface area contributed by atoms with Crippen LogP contribution in [0.4, 0.5) is 0 Å². The van der Waals surface area contributed by atoms with Gasteiger partial charge in [0, 0.05) is 23.6 Å². The summed E-state index contributed by atoms with van der Waals surface area (Å²) in [6.07, 6.45) is 0. The molecule has 0 aliphatic rings. The van der Waals surface area contributed by atoms with E-state index in [0.29, 0.717) is 16.8 Å². The molecule has 0 heterocycles. The van der Waals surface area contributed by atoms with Crippen molar-refractivity contribution in [2.24, 2.45) is 15.9 Å². The van der Waals surface area contributed by atoms with Crippen LogP contribution in [0.15, 0.2) is 64.7 Å². The molecule has 0 fully saturated rings. The highest BCUT2D eigenvalue weighted by atomic mass is 16.4. The molecule has 1 amide bonds. The van der Waals surface area contributed by atoms with Crippen LogP contribution >= 0.6 is 0 Å². The summed E-state index contributed by atoms with van der Waals surface area (Å²) in [5.41, 5.74) is 8.13. The van der Waals surface area contributed by atoms with Crippen molar-refractivity contribution in [1.29, 1.82) is 0 Å². The van der Waals surface area contributed by atoms with Gasteiger partial charge in [0.05, 0.1) is 5.71 Å². The lowest BCUT2D eigenvalue weighted by molar-refractivity contribution is -0.115. The van der Waals surface area contributed by atoms with Gasteiger partial charge in [-0.3, -0.25) is 4.79 Å². The average Bonchev–Trinajstić information content (AvgIpc) is 2.52. The lowest BCUT2D eigenvalue weighted by atomic mass is 9.97. The number of aliphatic imine (C=N–C) groups is 1. The van der Waals surface area contributed by atoms with E-state index in [4.69, 9.17) is 10.9 Å². The largest absolute Gasteiger partial charge is 0.409 e. The van der Waals surface area contributed by atoms with E-state index < -0.39 is 0 Å². The SMILES string of the molecule is CC(=O)N=C(c1ccccc1)c1ccccc1C(N)=NO. The van der Waals surface area contributed by atoms with E-state index >= 15 is 0 Å². The summed E-state index contributed by atoms with van der Waals surface area (Å²) >= 11 is 0. The summed E-state index contributed by atoms with van der Waals surface area (Å²) in [4.78, 5) is 15.5. The molecule has 0 bridgehead atoms. The lowest BCUT2D eigenvalue weighted by Gasteiger charge is -2.11. The van der Waals surface area contributed by atoms with Crippen molar-refractivity contribution in [3.05, 3.63) is 71.3 Å². The molecule has 2 aromatic rings. The number of hydrogen-bond acceptors (Lipinski definition) is 3. The topological polar surface area (TPSA) is 88.0 Å². The average molecular weight is 281 g/mol. The number of nitrogens with zero attached hydrogens (tertiary/aromatic N) is 2. The van der Waals surface area contributed by atoms with Gasteiger partial charge in [-0.2, -0.15) is 0 Å². The van der Waals surface area contributed by atoms with Gasteiger partial charge < -0.3 is 10.9 Å². The highest BCUT2D eigenvalue weighted by Gasteiger charge is 2.14. The maximum Gasteiger partial charge on any atom is 0.243 e. The molecular weight excluding hydrogens is 266 g/mol. The zero-order chi connectivity index (χ0) is 15.2. The van der Waals surface area contributed by atoms with Gasteiger partial charge in [0.1, 0.15) is 0 Å². The van der Waals surface area contributed by atoms with E-state index in [1.54, 1.807) is 18.2 Å². The molecule has 5 nitrogen and oxygen atoms in total. The first-order chi connectivity index (χ1) is 10.1. The summed E-state index contributed by atoms with van der Waals surface area (Å²) in [5.74, 6) is -0.346. The van der Waals surface area contributed by atoms with Gasteiger partial charge in [0.15, 0.2) is 5.84 Å². The Morgan fingerprint density at radius 1 is 1.00 bits per heavy atom. The van der Waals surface area contributed by atoms with Crippen LogP contribution in [0.2, 0.25) is 0 Å². The fraction of sp³-hybridized carbons (Fsp3) is 0.0625. The second-order valence-corrected chi connectivity index (χ2v) is 4.38. The number of amidine groups is 1.